The van der Waals surface area contributed by atoms with Gasteiger partial charge in [-0.1, -0.05) is 12.8 Å². The molecule has 1 saturated carbocycles. The van der Waals surface area contributed by atoms with E-state index in [2.05, 4.69) is 25.5 Å². The van der Waals surface area contributed by atoms with Gasteiger partial charge in [-0.3, -0.25) is 0 Å². The molecule has 3 rings (SSSR count). The predicted octanol–water partition coefficient (Wildman–Crippen LogP) is 1.60. The summed E-state index contributed by atoms with van der Waals surface area (Å²) in [5.41, 5.74) is 0.345. The molecule has 0 radical (unpaired) electrons. The van der Waals surface area contributed by atoms with Crippen LogP contribution in [0.3, 0.4) is 0 Å². The van der Waals surface area contributed by atoms with Crippen molar-refractivity contribution >= 4 is 11.8 Å². The van der Waals surface area contributed by atoms with E-state index in [1.165, 1.54) is 24.6 Å². The van der Waals surface area contributed by atoms with Crippen LogP contribution in [0.2, 0.25) is 0 Å². The number of rotatable bonds is 3. The Labute approximate surface area is 114 Å². The van der Waals surface area contributed by atoms with Gasteiger partial charge in [0.15, 0.2) is 5.16 Å². The Morgan fingerprint density at radius 2 is 2.21 bits per heavy atom. The molecule has 1 aliphatic carbocycles. The zero-order valence-electron chi connectivity index (χ0n) is 10.1. The van der Waals surface area contributed by atoms with Crippen LogP contribution in [0.15, 0.2) is 22.6 Å². The van der Waals surface area contributed by atoms with Crippen LogP contribution in [0.5, 0.6) is 0 Å². The molecule has 0 saturated heterocycles. The molecular formula is C11H11N7S. The fourth-order valence-electron chi connectivity index (χ4n) is 2.16. The Bertz CT molecular complexity index is 612. The van der Waals surface area contributed by atoms with E-state index in [0.717, 1.165) is 12.8 Å². The van der Waals surface area contributed by atoms with E-state index >= 15 is 0 Å². The molecule has 96 valence electrons. The van der Waals surface area contributed by atoms with Gasteiger partial charge in [0.05, 0.1) is 6.04 Å². The van der Waals surface area contributed by atoms with Crippen LogP contribution in [0, 0.1) is 11.3 Å². The van der Waals surface area contributed by atoms with Crippen LogP contribution in [0.25, 0.3) is 0 Å². The molecule has 19 heavy (non-hydrogen) atoms. The first kappa shape index (κ1) is 12.0. The standard InChI is InChI=1S/C11H11N7S/c12-7-8-5-6-13-10(14-8)19-11-15-16-17-18(11)9-3-1-2-4-9/h5-6,9H,1-4H2. The summed E-state index contributed by atoms with van der Waals surface area (Å²) in [5.74, 6) is 0. The van der Waals surface area contributed by atoms with E-state index in [-0.39, 0.29) is 0 Å². The highest BCUT2D eigenvalue weighted by molar-refractivity contribution is 7.99. The summed E-state index contributed by atoms with van der Waals surface area (Å²) >= 11 is 1.29. The molecule has 2 heterocycles. The summed E-state index contributed by atoms with van der Waals surface area (Å²) in [5, 5.41) is 21.8. The van der Waals surface area contributed by atoms with Crippen LogP contribution in [0.4, 0.5) is 0 Å². The smallest absolute Gasteiger partial charge is 0.217 e. The number of tetrazole rings is 1. The molecule has 2 aromatic heterocycles. The number of nitrogens with zero attached hydrogens (tertiary/aromatic N) is 7. The first-order valence-corrected chi connectivity index (χ1v) is 6.87. The van der Waals surface area contributed by atoms with Gasteiger partial charge in [0.25, 0.3) is 0 Å². The Morgan fingerprint density at radius 3 is 3.00 bits per heavy atom. The summed E-state index contributed by atoms with van der Waals surface area (Å²) in [7, 11) is 0. The van der Waals surface area contributed by atoms with Gasteiger partial charge in [0.1, 0.15) is 11.8 Å². The van der Waals surface area contributed by atoms with Gasteiger partial charge in [0, 0.05) is 6.20 Å². The number of nitriles is 1. The van der Waals surface area contributed by atoms with Crippen molar-refractivity contribution in [2.75, 3.05) is 0 Å². The molecule has 7 nitrogen and oxygen atoms in total. The van der Waals surface area contributed by atoms with Gasteiger partial charge < -0.3 is 0 Å². The van der Waals surface area contributed by atoms with Crippen molar-refractivity contribution in [2.24, 2.45) is 0 Å². The molecule has 8 heteroatoms. The molecule has 0 aliphatic heterocycles. The van der Waals surface area contributed by atoms with Crippen LogP contribution in [-0.2, 0) is 0 Å². The second-order valence-electron chi connectivity index (χ2n) is 4.28. The summed E-state index contributed by atoms with van der Waals surface area (Å²) in [4.78, 5) is 8.24. The fourth-order valence-corrected chi connectivity index (χ4v) is 2.94. The van der Waals surface area contributed by atoms with Crippen molar-refractivity contribution in [3.63, 3.8) is 0 Å². The van der Waals surface area contributed by atoms with Crippen LogP contribution in [0.1, 0.15) is 37.4 Å². The normalized spacial score (nSPS) is 15.5. The average molecular weight is 273 g/mol. The molecule has 1 fully saturated rings. The third-order valence-corrected chi connectivity index (χ3v) is 3.89. The minimum absolute atomic E-state index is 0.345. The molecule has 0 N–H and O–H groups in total. The Balaban J connectivity index is 1.83. The molecule has 0 aromatic carbocycles. The number of hydrogen-bond donors (Lipinski definition) is 0. The fraction of sp³-hybridized carbons (Fsp3) is 0.455. The van der Waals surface area contributed by atoms with E-state index < -0.39 is 0 Å². The third-order valence-electron chi connectivity index (χ3n) is 3.06. The SMILES string of the molecule is N#Cc1ccnc(Sc2nnnn2C2CCCC2)n1. The first-order chi connectivity index (χ1) is 9.36. The average Bonchev–Trinajstić information content (AvgIpc) is 3.09. The monoisotopic (exact) mass is 273 g/mol. The predicted molar refractivity (Wildman–Crippen MR) is 66.2 cm³/mol. The van der Waals surface area contributed by atoms with E-state index in [1.807, 2.05) is 10.8 Å². The van der Waals surface area contributed by atoms with Crippen molar-refractivity contribution in [3.05, 3.63) is 18.0 Å². The molecule has 0 atom stereocenters. The Morgan fingerprint density at radius 1 is 1.37 bits per heavy atom. The van der Waals surface area contributed by atoms with Gasteiger partial charge in [0.2, 0.25) is 5.16 Å². The largest absolute Gasteiger partial charge is 0.231 e. The molecular weight excluding hydrogens is 262 g/mol. The first-order valence-electron chi connectivity index (χ1n) is 6.05. The van der Waals surface area contributed by atoms with Crippen molar-refractivity contribution in [2.45, 2.75) is 42.0 Å². The molecule has 0 unspecified atom stereocenters. The summed E-state index contributed by atoms with van der Waals surface area (Å²) in [6, 6.07) is 3.94. The van der Waals surface area contributed by atoms with Gasteiger partial charge >= 0.3 is 0 Å². The highest BCUT2D eigenvalue weighted by Gasteiger charge is 2.22. The lowest BCUT2D eigenvalue weighted by molar-refractivity contribution is 0.423. The van der Waals surface area contributed by atoms with E-state index in [1.54, 1.807) is 12.3 Å². The van der Waals surface area contributed by atoms with Gasteiger partial charge in [-0.2, -0.15) is 5.26 Å². The zero-order valence-corrected chi connectivity index (χ0v) is 10.9. The van der Waals surface area contributed by atoms with Crippen LogP contribution < -0.4 is 0 Å². The van der Waals surface area contributed by atoms with Gasteiger partial charge in [-0.15, -0.1) is 5.10 Å². The number of aromatic nitrogens is 6. The molecule has 2 aromatic rings. The lowest BCUT2D eigenvalue weighted by Crippen LogP contribution is -2.08. The quantitative estimate of drug-likeness (QED) is 0.784. The zero-order chi connectivity index (χ0) is 13.1. The lowest BCUT2D eigenvalue weighted by atomic mass is 10.3. The van der Waals surface area contributed by atoms with Gasteiger partial charge in [-0.25, -0.2) is 14.6 Å². The Hall–Kier alpha value is -2.01. The summed E-state index contributed by atoms with van der Waals surface area (Å²) < 4.78 is 1.85. The summed E-state index contributed by atoms with van der Waals surface area (Å²) in [6.07, 6.45) is 6.22. The highest BCUT2D eigenvalue weighted by Crippen LogP contribution is 2.32. The summed E-state index contributed by atoms with van der Waals surface area (Å²) in [6.45, 7) is 0. The minimum atomic E-state index is 0.345. The van der Waals surface area contributed by atoms with Crippen LogP contribution in [-0.4, -0.2) is 30.2 Å². The van der Waals surface area contributed by atoms with Crippen molar-refractivity contribution < 1.29 is 0 Å². The van der Waals surface area contributed by atoms with Crippen molar-refractivity contribution in [1.82, 2.24) is 30.2 Å². The van der Waals surface area contributed by atoms with E-state index in [9.17, 15) is 0 Å². The maximum Gasteiger partial charge on any atom is 0.217 e. The van der Waals surface area contributed by atoms with Gasteiger partial charge in [-0.05, 0) is 41.1 Å². The number of hydrogen-bond acceptors (Lipinski definition) is 7. The minimum Gasteiger partial charge on any atom is -0.231 e. The topological polar surface area (TPSA) is 93.2 Å². The second-order valence-corrected chi connectivity index (χ2v) is 5.22. The molecule has 0 bridgehead atoms. The highest BCUT2D eigenvalue weighted by atomic mass is 32.2. The third kappa shape index (κ3) is 2.56. The molecule has 0 spiro atoms. The second kappa shape index (κ2) is 5.32. The maximum atomic E-state index is 8.82. The Kier molecular flexibility index (Phi) is 3.37. The van der Waals surface area contributed by atoms with E-state index in [0.29, 0.717) is 22.0 Å². The van der Waals surface area contributed by atoms with Crippen molar-refractivity contribution in [3.8, 4) is 6.07 Å². The van der Waals surface area contributed by atoms with Crippen molar-refractivity contribution in [1.29, 1.82) is 5.26 Å². The van der Waals surface area contributed by atoms with Crippen LogP contribution >= 0.6 is 11.8 Å². The molecule has 1 aliphatic rings. The maximum absolute atomic E-state index is 8.82. The lowest BCUT2D eigenvalue weighted by Gasteiger charge is -2.09. The van der Waals surface area contributed by atoms with E-state index in [4.69, 9.17) is 5.26 Å². The molecule has 0 amide bonds.